The normalized spacial score (nSPS) is 23.6. The molecule has 4 aromatic heterocycles. The van der Waals surface area contributed by atoms with E-state index >= 15 is 0 Å². The van der Waals surface area contributed by atoms with Gasteiger partial charge in [-0.25, -0.2) is 15.0 Å². The van der Waals surface area contributed by atoms with Gasteiger partial charge in [0, 0.05) is 51.6 Å². The van der Waals surface area contributed by atoms with Crippen LogP contribution in [0.4, 0.5) is 11.6 Å². The molecule has 7 rings (SSSR count). The molecular formula is C27H29N9O4. The van der Waals surface area contributed by atoms with E-state index in [0.29, 0.717) is 47.4 Å². The number of likely N-dealkylation sites (tertiary alicyclic amines) is 2. The summed E-state index contributed by atoms with van der Waals surface area (Å²) in [4.78, 5) is 30.1. The lowest BCUT2D eigenvalue weighted by molar-refractivity contribution is -0.144. The number of amides is 1. The van der Waals surface area contributed by atoms with Gasteiger partial charge in [-0.1, -0.05) is 11.2 Å². The molecule has 0 aliphatic carbocycles. The number of ether oxygens (including phenoxy) is 1. The van der Waals surface area contributed by atoms with Crippen LogP contribution < -0.4 is 5.32 Å². The fourth-order valence-corrected chi connectivity index (χ4v) is 5.44. The van der Waals surface area contributed by atoms with Crippen molar-refractivity contribution >= 4 is 17.5 Å². The van der Waals surface area contributed by atoms with Crippen LogP contribution in [0.15, 0.2) is 53.4 Å². The molecule has 3 fully saturated rings. The molecule has 0 spiro atoms. The van der Waals surface area contributed by atoms with E-state index in [9.17, 15) is 9.90 Å². The van der Waals surface area contributed by atoms with Crippen LogP contribution in [-0.2, 0) is 15.1 Å². The van der Waals surface area contributed by atoms with Crippen LogP contribution in [0.5, 0.6) is 0 Å². The molecular weight excluding hydrogens is 514 g/mol. The van der Waals surface area contributed by atoms with E-state index in [0.717, 1.165) is 38.4 Å². The Kier molecular flexibility index (Phi) is 6.06. The second-order valence-corrected chi connectivity index (χ2v) is 10.5. The summed E-state index contributed by atoms with van der Waals surface area (Å²) in [6.45, 7) is 4.13. The van der Waals surface area contributed by atoms with Crippen LogP contribution in [0.1, 0.15) is 24.6 Å². The zero-order valence-electron chi connectivity index (χ0n) is 22.0. The number of rotatable bonds is 7. The molecule has 2 N–H and O–H groups in total. The Morgan fingerprint density at radius 3 is 2.67 bits per heavy atom. The molecule has 0 radical (unpaired) electrons. The quantitative estimate of drug-likeness (QED) is 0.352. The highest BCUT2D eigenvalue weighted by atomic mass is 16.5. The van der Waals surface area contributed by atoms with Crippen molar-refractivity contribution in [1.29, 1.82) is 0 Å². The first-order chi connectivity index (χ1) is 19.5. The Morgan fingerprint density at radius 2 is 1.90 bits per heavy atom. The summed E-state index contributed by atoms with van der Waals surface area (Å²) in [5, 5.41) is 22.8. The van der Waals surface area contributed by atoms with Gasteiger partial charge in [0.2, 0.25) is 11.5 Å². The summed E-state index contributed by atoms with van der Waals surface area (Å²) in [7, 11) is 1.65. The summed E-state index contributed by atoms with van der Waals surface area (Å²) in [6.07, 6.45) is 6.75. The maximum atomic E-state index is 12.4. The minimum atomic E-state index is -1.71. The molecule has 3 aliphatic heterocycles. The largest absolute Gasteiger partial charge is 0.378 e. The Morgan fingerprint density at radius 1 is 1.07 bits per heavy atom. The van der Waals surface area contributed by atoms with Crippen LogP contribution in [0.2, 0.25) is 0 Å². The Bertz CT molecular complexity index is 1550. The van der Waals surface area contributed by atoms with E-state index in [1.165, 1.54) is 4.90 Å². The molecule has 206 valence electrons. The van der Waals surface area contributed by atoms with Gasteiger partial charge in [-0.15, -0.1) is 0 Å². The summed E-state index contributed by atoms with van der Waals surface area (Å²) in [6, 6.07) is 9.69. The van der Waals surface area contributed by atoms with Crippen molar-refractivity contribution in [3.63, 3.8) is 0 Å². The average Bonchev–Trinajstić information content (AvgIpc) is 3.74. The molecule has 2 atom stereocenters. The van der Waals surface area contributed by atoms with E-state index in [4.69, 9.17) is 14.2 Å². The molecule has 0 saturated carbocycles. The van der Waals surface area contributed by atoms with E-state index in [1.54, 1.807) is 37.6 Å². The predicted molar refractivity (Wildman–Crippen MR) is 142 cm³/mol. The number of likely N-dealkylation sites (N-methyl/N-ethyl adjacent to an activating group) is 1. The van der Waals surface area contributed by atoms with Crippen molar-refractivity contribution in [3.05, 3.63) is 54.7 Å². The molecule has 0 unspecified atom stereocenters. The number of aliphatic hydroxyl groups is 1. The van der Waals surface area contributed by atoms with Crippen LogP contribution in [0, 0.1) is 0 Å². The van der Waals surface area contributed by atoms with Crippen molar-refractivity contribution in [2.45, 2.75) is 30.5 Å². The molecule has 3 aliphatic rings. The summed E-state index contributed by atoms with van der Waals surface area (Å²) < 4.78 is 12.7. The standard InChI is InChI=1S/C27H29N9O4/c1-34-10-7-27(38,25(34)37)24-11-23(33-40-24)21-4-2-3-20(31-21)22-5-8-28-26(32-22)30-17-12-29-36(13-17)18-6-9-35(14-18)19-15-39-16-19/h2-5,8,11-13,18-19,38H,6-7,9-10,14-16H2,1H3,(H,28,30,32)/t18-,27+/m0/s1. The number of pyridine rings is 1. The maximum absolute atomic E-state index is 12.4. The molecule has 40 heavy (non-hydrogen) atoms. The van der Waals surface area contributed by atoms with Gasteiger partial charge in [-0.3, -0.25) is 14.4 Å². The number of aromatic nitrogens is 6. The Labute approximate surface area is 229 Å². The molecule has 7 heterocycles. The second kappa shape index (κ2) is 9.77. The predicted octanol–water partition coefficient (Wildman–Crippen LogP) is 1.83. The highest BCUT2D eigenvalue weighted by molar-refractivity contribution is 5.87. The second-order valence-electron chi connectivity index (χ2n) is 10.5. The van der Waals surface area contributed by atoms with Gasteiger partial charge < -0.3 is 24.6 Å². The smallest absolute Gasteiger partial charge is 0.262 e. The highest BCUT2D eigenvalue weighted by Gasteiger charge is 2.48. The number of hydrogen-bond acceptors (Lipinski definition) is 11. The van der Waals surface area contributed by atoms with E-state index < -0.39 is 11.5 Å². The topological polar surface area (TPSA) is 148 Å². The molecule has 13 heteroatoms. The SMILES string of the molecule is CN1CC[C@@](O)(c2cc(-c3cccc(-c4ccnc(Nc5cnn([C@H]6CCN(C7COC7)C6)c5)n4)n3)no2)C1=O. The summed E-state index contributed by atoms with van der Waals surface area (Å²) >= 11 is 0. The molecule has 13 nitrogen and oxygen atoms in total. The number of carbonyl (C=O) groups is 1. The van der Waals surface area contributed by atoms with E-state index in [2.05, 4.69) is 30.4 Å². The third-order valence-electron chi connectivity index (χ3n) is 7.92. The number of hydrogen-bond donors (Lipinski definition) is 2. The van der Waals surface area contributed by atoms with Gasteiger partial charge in [-0.2, -0.15) is 5.10 Å². The first kappa shape index (κ1) is 24.8. The number of anilines is 2. The lowest BCUT2D eigenvalue weighted by Crippen LogP contribution is -2.47. The van der Waals surface area contributed by atoms with Crippen molar-refractivity contribution < 1.29 is 19.2 Å². The minimum Gasteiger partial charge on any atom is -0.378 e. The van der Waals surface area contributed by atoms with Gasteiger partial charge in [0.1, 0.15) is 5.69 Å². The molecule has 3 saturated heterocycles. The van der Waals surface area contributed by atoms with Crippen molar-refractivity contribution in [2.24, 2.45) is 0 Å². The first-order valence-corrected chi connectivity index (χ1v) is 13.4. The van der Waals surface area contributed by atoms with Crippen molar-refractivity contribution in [3.8, 4) is 22.8 Å². The lowest BCUT2D eigenvalue weighted by Gasteiger charge is -2.34. The Hall–Kier alpha value is -4.20. The number of carbonyl (C=O) groups excluding carboxylic acids is 1. The number of nitrogens with one attached hydrogen (secondary N) is 1. The summed E-state index contributed by atoms with van der Waals surface area (Å²) in [5.74, 6) is 0.136. The summed E-state index contributed by atoms with van der Waals surface area (Å²) in [5.41, 5.74) is 1.29. The molecule has 0 bridgehead atoms. The zero-order chi connectivity index (χ0) is 27.3. The van der Waals surface area contributed by atoms with Crippen LogP contribution in [0.25, 0.3) is 22.8 Å². The first-order valence-electron chi connectivity index (χ1n) is 13.4. The van der Waals surface area contributed by atoms with Crippen molar-refractivity contribution in [1.82, 2.24) is 39.7 Å². The monoisotopic (exact) mass is 543 g/mol. The van der Waals surface area contributed by atoms with Gasteiger partial charge in [0.05, 0.1) is 54.3 Å². The lowest BCUT2D eigenvalue weighted by atomic mass is 9.98. The van der Waals surface area contributed by atoms with Crippen molar-refractivity contribution in [2.75, 3.05) is 45.2 Å². The third-order valence-corrected chi connectivity index (χ3v) is 7.92. The average molecular weight is 544 g/mol. The van der Waals surface area contributed by atoms with Crippen LogP contribution in [0.3, 0.4) is 0 Å². The van der Waals surface area contributed by atoms with Crippen LogP contribution in [-0.4, -0.2) is 96.6 Å². The Balaban J connectivity index is 1.06. The van der Waals surface area contributed by atoms with E-state index in [1.807, 2.05) is 23.0 Å². The molecule has 4 aromatic rings. The fourth-order valence-electron chi connectivity index (χ4n) is 5.44. The van der Waals surface area contributed by atoms with Crippen LogP contribution >= 0.6 is 0 Å². The fraction of sp³-hybridized carbons (Fsp3) is 0.407. The molecule has 1 amide bonds. The highest BCUT2D eigenvalue weighted by Crippen LogP contribution is 2.35. The molecule has 0 aromatic carbocycles. The number of nitrogens with zero attached hydrogens (tertiary/aromatic N) is 8. The zero-order valence-corrected chi connectivity index (χ0v) is 22.0. The van der Waals surface area contributed by atoms with E-state index in [-0.39, 0.29) is 12.2 Å². The van der Waals surface area contributed by atoms with Gasteiger partial charge in [-0.05, 0) is 24.6 Å². The third kappa shape index (κ3) is 4.41. The van der Waals surface area contributed by atoms with Gasteiger partial charge in [0.25, 0.3) is 5.91 Å². The minimum absolute atomic E-state index is 0.112. The van der Waals surface area contributed by atoms with Gasteiger partial charge in [0.15, 0.2) is 5.76 Å². The maximum Gasteiger partial charge on any atom is 0.262 e. The van der Waals surface area contributed by atoms with Gasteiger partial charge >= 0.3 is 0 Å².